The second-order valence-corrected chi connectivity index (χ2v) is 5.59. The SMILES string of the molecule is O=C(O)[C@@H]1CN(C(=O)N2CCOCC2)C[C@H]1c1ccccn1. The lowest BCUT2D eigenvalue weighted by molar-refractivity contribution is -0.141. The molecule has 2 atom stereocenters. The maximum Gasteiger partial charge on any atom is 0.320 e. The van der Waals surface area contributed by atoms with Crippen LogP contribution in [0.5, 0.6) is 0 Å². The van der Waals surface area contributed by atoms with Crippen LogP contribution in [0.4, 0.5) is 4.79 Å². The Kier molecular flexibility index (Phi) is 4.24. The van der Waals surface area contributed by atoms with Crippen molar-refractivity contribution in [2.75, 3.05) is 39.4 Å². The van der Waals surface area contributed by atoms with Gasteiger partial charge in [-0.25, -0.2) is 4.79 Å². The minimum Gasteiger partial charge on any atom is -0.481 e. The van der Waals surface area contributed by atoms with Crippen molar-refractivity contribution in [2.45, 2.75) is 5.92 Å². The number of carbonyl (C=O) groups excluding carboxylic acids is 1. The van der Waals surface area contributed by atoms with E-state index in [-0.39, 0.29) is 18.5 Å². The summed E-state index contributed by atoms with van der Waals surface area (Å²) in [4.78, 5) is 31.7. The third-order valence-corrected chi connectivity index (χ3v) is 4.26. The van der Waals surface area contributed by atoms with Gasteiger partial charge in [0.05, 0.1) is 19.1 Å². The Morgan fingerprint density at radius 2 is 1.95 bits per heavy atom. The van der Waals surface area contributed by atoms with Crippen molar-refractivity contribution in [3.63, 3.8) is 0 Å². The lowest BCUT2D eigenvalue weighted by Gasteiger charge is -2.31. The first-order chi connectivity index (χ1) is 10.7. The van der Waals surface area contributed by atoms with E-state index in [1.165, 1.54) is 0 Å². The highest BCUT2D eigenvalue weighted by atomic mass is 16.5. The van der Waals surface area contributed by atoms with E-state index < -0.39 is 11.9 Å². The fourth-order valence-electron chi connectivity index (χ4n) is 3.06. The molecule has 7 nitrogen and oxygen atoms in total. The summed E-state index contributed by atoms with van der Waals surface area (Å²) in [5, 5.41) is 9.46. The molecule has 1 aromatic rings. The summed E-state index contributed by atoms with van der Waals surface area (Å²) in [5.74, 6) is -1.75. The van der Waals surface area contributed by atoms with Crippen molar-refractivity contribution in [1.29, 1.82) is 0 Å². The Balaban J connectivity index is 1.75. The minimum absolute atomic E-state index is 0.104. The topological polar surface area (TPSA) is 83.0 Å². The normalized spacial score (nSPS) is 25.3. The highest BCUT2D eigenvalue weighted by Crippen LogP contribution is 2.32. The number of aromatic nitrogens is 1. The largest absolute Gasteiger partial charge is 0.481 e. The van der Waals surface area contributed by atoms with Crippen LogP contribution in [-0.4, -0.2) is 71.3 Å². The molecule has 2 aliphatic heterocycles. The lowest BCUT2D eigenvalue weighted by atomic mass is 9.93. The van der Waals surface area contributed by atoms with E-state index in [0.29, 0.717) is 32.8 Å². The van der Waals surface area contributed by atoms with Gasteiger partial charge in [0.25, 0.3) is 0 Å². The predicted molar refractivity (Wildman–Crippen MR) is 77.5 cm³/mol. The van der Waals surface area contributed by atoms with Crippen molar-refractivity contribution in [3.8, 4) is 0 Å². The molecule has 0 radical (unpaired) electrons. The third kappa shape index (κ3) is 2.89. The summed E-state index contributed by atoms with van der Waals surface area (Å²) in [6.07, 6.45) is 1.65. The molecule has 7 heteroatoms. The van der Waals surface area contributed by atoms with Gasteiger partial charge in [-0.15, -0.1) is 0 Å². The third-order valence-electron chi connectivity index (χ3n) is 4.26. The first-order valence-corrected chi connectivity index (χ1v) is 7.42. The van der Waals surface area contributed by atoms with E-state index in [1.807, 2.05) is 12.1 Å². The van der Waals surface area contributed by atoms with Crippen molar-refractivity contribution >= 4 is 12.0 Å². The van der Waals surface area contributed by atoms with Crippen LogP contribution >= 0.6 is 0 Å². The number of amides is 2. The van der Waals surface area contributed by atoms with E-state index in [0.717, 1.165) is 5.69 Å². The van der Waals surface area contributed by atoms with E-state index in [1.54, 1.807) is 22.1 Å². The Labute approximate surface area is 128 Å². The number of carboxylic acids is 1. The van der Waals surface area contributed by atoms with Crippen LogP contribution < -0.4 is 0 Å². The molecular formula is C15H19N3O4. The number of hydrogen-bond donors (Lipinski definition) is 1. The molecule has 0 saturated carbocycles. The Morgan fingerprint density at radius 1 is 1.18 bits per heavy atom. The predicted octanol–water partition coefficient (Wildman–Crippen LogP) is 0.634. The zero-order valence-electron chi connectivity index (χ0n) is 12.2. The molecule has 3 heterocycles. The average Bonchev–Trinajstić information content (AvgIpc) is 3.01. The maximum absolute atomic E-state index is 12.5. The fourth-order valence-corrected chi connectivity index (χ4v) is 3.06. The number of hydrogen-bond acceptors (Lipinski definition) is 4. The quantitative estimate of drug-likeness (QED) is 0.866. The number of urea groups is 1. The average molecular weight is 305 g/mol. The number of morpholine rings is 1. The van der Waals surface area contributed by atoms with Crippen molar-refractivity contribution < 1.29 is 19.4 Å². The molecule has 0 spiro atoms. The molecule has 0 aromatic carbocycles. The standard InChI is InChI=1S/C15H19N3O4/c19-14(20)12-10-18(15(21)17-5-7-22-8-6-17)9-11(12)13-3-1-2-4-16-13/h1-4,11-12H,5-10H2,(H,19,20)/t11-,12-/m1/s1. The van der Waals surface area contributed by atoms with Crippen LogP contribution in [-0.2, 0) is 9.53 Å². The highest BCUT2D eigenvalue weighted by molar-refractivity contribution is 5.78. The number of ether oxygens (including phenoxy) is 1. The number of carbonyl (C=O) groups is 2. The highest BCUT2D eigenvalue weighted by Gasteiger charge is 2.42. The number of carboxylic acid groups (broad SMARTS) is 1. The van der Waals surface area contributed by atoms with Gasteiger partial charge < -0.3 is 19.6 Å². The number of rotatable bonds is 2. The van der Waals surface area contributed by atoms with Gasteiger partial charge in [-0.3, -0.25) is 9.78 Å². The Morgan fingerprint density at radius 3 is 2.59 bits per heavy atom. The minimum atomic E-state index is -0.882. The summed E-state index contributed by atoms with van der Waals surface area (Å²) in [7, 11) is 0. The molecule has 1 aromatic heterocycles. The number of likely N-dealkylation sites (tertiary alicyclic amines) is 1. The zero-order valence-corrected chi connectivity index (χ0v) is 12.2. The number of pyridine rings is 1. The van der Waals surface area contributed by atoms with Crippen LogP contribution in [0.15, 0.2) is 24.4 Å². The smallest absolute Gasteiger partial charge is 0.320 e. The lowest BCUT2D eigenvalue weighted by Crippen LogP contribution is -2.47. The van der Waals surface area contributed by atoms with Gasteiger partial charge in [0, 0.05) is 44.0 Å². The van der Waals surface area contributed by atoms with Gasteiger partial charge in [-0.1, -0.05) is 6.07 Å². The summed E-state index contributed by atoms with van der Waals surface area (Å²) in [6.45, 7) is 2.80. The molecule has 2 fully saturated rings. The molecular weight excluding hydrogens is 286 g/mol. The van der Waals surface area contributed by atoms with Gasteiger partial charge in [0.15, 0.2) is 0 Å². The monoisotopic (exact) mass is 305 g/mol. The van der Waals surface area contributed by atoms with Crippen LogP contribution in [0.25, 0.3) is 0 Å². The molecule has 2 saturated heterocycles. The van der Waals surface area contributed by atoms with Crippen LogP contribution in [0.3, 0.4) is 0 Å². The Hall–Kier alpha value is -2.15. The van der Waals surface area contributed by atoms with Gasteiger partial charge in [-0.05, 0) is 12.1 Å². The summed E-state index contributed by atoms with van der Waals surface area (Å²) in [5.41, 5.74) is 0.729. The number of aliphatic carboxylic acids is 1. The van der Waals surface area contributed by atoms with Crippen molar-refractivity contribution in [1.82, 2.24) is 14.8 Å². The molecule has 22 heavy (non-hydrogen) atoms. The molecule has 0 unspecified atom stereocenters. The molecule has 118 valence electrons. The van der Waals surface area contributed by atoms with E-state index in [2.05, 4.69) is 4.98 Å². The first-order valence-electron chi connectivity index (χ1n) is 7.42. The molecule has 1 N–H and O–H groups in total. The van der Waals surface area contributed by atoms with Gasteiger partial charge in [-0.2, -0.15) is 0 Å². The van der Waals surface area contributed by atoms with Crippen LogP contribution in [0.1, 0.15) is 11.6 Å². The summed E-state index contributed by atoms with van der Waals surface area (Å²) < 4.78 is 5.25. The Bertz CT molecular complexity index is 545. The van der Waals surface area contributed by atoms with E-state index in [9.17, 15) is 14.7 Å². The molecule has 2 aliphatic rings. The second kappa shape index (κ2) is 6.31. The molecule has 0 bridgehead atoms. The van der Waals surface area contributed by atoms with Crippen LogP contribution in [0, 0.1) is 5.92 Å². The van der Waals surface area contributed by atoms with Gasteiger partial charge in [0.1, 0.15) is 0 Å². The van der Waals surface area contributed by atoms with Crippen molar-refractivity contribution in [3.05, 3.63) is 30.1 Å². The van der Waals surface area contributed by atoms with E-state index >= 15 is 0 Å². The maximum atomic E-state index is 12.5. The van der Waals surface area contributed by atoms with E-state index in [4.69, 9.17) is 4.74 Å². The van der Waals surface area contributed by atoms with Crippen molar-refractivity contribution in [2.24, 2.45) is 5.92 Å². The van der Waals surface area contributed by atoms with Gasteiger partial charge >= 0.3 is 12.0 Å². The number of nitrogens with zero attached hydrogens (tertiary/aromatic N) is 3. The molecule has 3 rings (SSSR count). The summed E-state index contributed by atoms with van der Waals surface area (Å²) >= 11 is 0. The first kappa shape index (κ1) is 14.8. The molecule has 2 amide bonds. The molecule has 0 aliphatic carbocycles. The summed E-state index contributed by atoms with van der Waals surface area (Å²) in [6, 6.07) is 5.36. The second-order valence-electron chi connectivity index (χ2n) is 5.59. The van der Waals surface area contributed by atoms with Crippen LogP contribution in [0.2, 0.25) is 0 Å². The van der Waals surface area contributed by atoms with Gasteiger partial charge in [0.2, 0.25) is 0 Å². The zero-order chi connectivity index (χ0) is 15.5. The fraction of sp³-hybridized carbons (Fsp3) is 0.533.